The van der Waals surface area contributed by atoms with Gasteiger partial charge in [0.1, 0.15) is 0 Å². The molecule has 1 amide bonds. The first kappa shape index (κ1) is 18.2. The molecule has 0 atom stereocenters. The first-order valence-corrected chi connectivity index (χ1v) is 9.70. The summed E-state index contributed by atoms with van der Waals surface area (Å²) in [6.45, 7) is 2.41. The smallest absolute Gasteiger partial charge is 0.255 e. The fraction of sp³-hybridized carbons (Fsp3) is 0.278. The van der Waals surface area contributed by atoms with Crippen LogP contribution in [-0.2, 0) is 22.9 Å². The van der Waals surface area contributed by atoms with Crippen LogP contribution in [0.1, 0.15) is 28.4 Å². The second-order valence-corrected chi connectivity index (χ2v) is 7.45. The highest BCUT2D eigenvalue weighted by atomic mass is 32.2. The van der Waals surface area contributed by atoms with Crippen molar-refractivity contribution >= 4 is 21.6 Å². The minimum atomic E-state index is -3.17. The van der Waals surface area contributed by atoms with E-state index in [9.17, 15) is 13.2 Å². The van der Waals surface area contributed by atoms with Gasteiger partial charge < -0.3 is 5.32 Å². The van der Waals surface area contributed by atoms with Gasteiger partial charge in [0.25, 0.3) is 5.91 Å². The van der Waals surface area contributed by atoms with Gasteiger partial charge in [0, 0.05) is 17.8 Å². The van der Waals surface area contributed by atoms with Crippen molar-refractivity contribution < 1.29 is 13.2 Å². The molecule has 0 aliphatic heterocycles. The van der Waals surface area contributed by atoms with E-state index in [0.29, 0.717) is 18.5 Å². The molecular weight excluding hydrogens is 324 g/mol. The summed E-state index contributed by atoms with van der Waals surface area (Å²) in [4.78, 5) is 12.3. The molecule has 0 bridgehead atoms. The molecule has 2 aromatic rings. The summed E-state index contributed by atoms with van der Waals surface area (Å²) in [5, 5.41) is 2.88. The lowest BCUT2D eigenvalue weighted by Gasteiger charge is -2.08. The number of nitrogens with one attached hydrogen (secondary N) is 2. The van der Waals surface area contributed by atoms with Crippen LogP contribution in [0.15, 0.2) is 48.5 Å². The van der Waals surface area contributed by atoms with Crippen LogP contribution in [0.25, 0.3) is 0 Å². The molecule has 0 radical (unpaired) electrons. The van der Waals surface area contributed by atoms with Crippen molar-refractivity contribution in [1.29, 1.82) is 0 Å². The first-order chi connectivity index (χ1) is 11.4. The average molecular weight is 346 g/mol. The van der Waals surface area contributed by atoms with E-state index in [2.05, 4.69) is 17.0 Å². The van der Waals surface area contributed by atoms with Crippen molar-refractivity contribution in [3.63, 3.8) is 0 Å². The lowest BCUT2D eigenvalue weighted by Crippen LogP contribution is -2.24. The number of hydrogen-bond acceptors (Lipinski definition) is 3. The summed E-state index contributed by atoms with van der Waals surface area (Å²) in [6, 6.07) is 14.9. The lowest BCUT2D eigenvalue weighted by atomic mass is 10.1. The highest BCUT2D eigenvalue weighted by molar-refractivity contribution is 7.88. The van der Waals surface area contributed by atoms with Gasteiger partial charge in [-0.15, -0.1) is 0 Å². The minimum absolute atomic E-state index is 0.163. The standard InChI is InChI=1S/C18H22N2O3S/c1-3-14-5-4-6-17(13-14)20-18(21)16-9-7-15(8-10-16)11-12-19-24(2,22)23/h4-10,13,19H,3,11-12H2,1-2H3,(H,20,21). The predicted octanol–water partition coefficient (Wildman–Crippen LogP) is 2.59. The number of rotatable bonds is 7. The molecule has 2 rings (SSSR count). The quantitative estimate of drug-likeness (QED) is 0.809. The second kappa shape index (κ2) is 8.08. The summed E-state index contributed by atoms with van der Waals surface area (Å²) in [5.41, 5.74) is 3.48. The first-order valence-electron chi connectivity index (χ1n) is 7.81. The maximum atomic E-state index is 12.3. The van der Waals surface area contributed by atoms with E-state index in [1.807, 2.05) is 36.4 Å². The highest BCUT2D eigenvalue weighted by Crippen LogP contribution is 2.13. The number of carbonyl (C=O) groups excluding carboxylic acids is 1. The number of amides is 1. The zero-order valence-electron chi connectivity index (χ0n) is 13.9. The Morgan fingerprint density at radius 3 is 2.38 bits per heavy atom. The van der Waals surface area contributed by atoms with Gasteiger partial charge in [0.05, 0.1) is 6.26 Å². The maximum Gasteiger partial charge on any atom is 0.255 e. The molecule has 0 heterocycles. The molecule has 0 saturated carbocycles. The molecule has 128 valence electrons. The van der Waals surface area contributed by atoms with E-state index in [1.165, 1.54) is 5.56 Å². The Balaban J connectivity index is 1.95. The summed E-state index contributed by atoms with van der Waals surface area (Å²) in [6.07, 6.45) is 2.63. The number of hydrogen-bond donors (Lipinski definition) is 2. The Bertz CT molecular complexity index is 799. The van der Waals surface area contributed by atoms with Gasteiger partial charge in [0.2, 0.25) is 10.0 Å². The number of sulfonamides is 1. The summed E-state index contributed by atoms with van der Waals surface area (Å²) in [5.74, 6) is -0.163. The van der Waals surface area contributed by atoms with E-state index < -0.39 is 10.0 Å². The Morgan fingerprint density at radius 1 is 1.04 bits per heavy atom. The summed E-state index contributed by atoms with van der Waals surface area (Å²) >= 11 is 0. The van der Waals surface area contributed by atoms with Crippen LogP contribution >= 0.6 is 0 Å². The fourth-order valence-electron chi connectivity index (χ4n) is 2.28. The van der Waals surface area contributed by atoms with E-state index in [0.717, 1.165) is 23.9 Å². The molecule has 0 aromatic heterocycles. The van der Waals surface area contributed by atoms with Gasteiger partial charge in [0.15, 0.2) is 0 Å². The van der Waals surface area contributed by atoms with Crippen molar-refractivity contribution in [1.82, 2.24) is 4.72 Å². The maximum absolute atomic E-state index is 12.3. The van der Waals surface area contributed by atoms with E-state index in [4.69, 9.17) is 0 Å². The molecule has 5 nitrogen and oxygen atoms in total. The molecule has 0 aliphatic carbocycles. The van der Waals surface area contributed by atoms with Gasteiger partial charge in [-0.1, -0.05) is 31.2 Å². The third-order valence-electron chi connectivity index (χ3n) is 3.59. The van der Waals surface area contributed by atoms with Crippen molar-refractivity contribution in [3.05, 3.63) is 65.2 Å². The zero-order valence-corrected chi connectivity index (χ0v) is 14.7. The monoisotopic (exact) mass is 346 g/mol. The average Bonchev–Trinajstić information content (AvgIpc) is 2.54. The van der Waals surface area contributed by atoms with Gasteiger partial charge in [-0.25, -0.2) is 13.1 Å². The Morgan fingerprint density at radius 2 is 1.75 bits per heavy atom. The van der Waals surface area contributed by atoms with Crippen molar-refractivity contribution in [2.24, 2.45) is 0 Å². The van der Waals surface area contributed by atoms with Crippen molar-refractivity contribution in [2.45, 2.75) is 19.8 Å². The second-order valence-electron chi connectivity index (χ2n) is 5.62. The third-order valence-corrected chi connectivity index (χ3v) is 4.32. The summed E-state index contributed by atoms with van der Waals surface area (Å²) in [7, 11) is -3.17. The van der Waals surface area contributed by atoms with E-state index >= 15 is 0 Å². The Kier molecular flexibility index (Phi) is 6.11. The van der Waals surface area contributed by atoms with Crippen LogP contribution in [-0.4, -0.2) is 27.1 Å². The Labute approximate surface area is 143 Å². The largest absolute Gasteiger partial charge is 0.322 e. The molecule has 2 aromatic carbocycles. The van der Waals surface area contributed by atoms with E-state index in [1.54, 1.807) is 12.1 Å². The predicted molar refractivity (Wildman–Crippen MR) is 96.8 cm³/mol. The molecule has 0 unspecified atom stereocenters. The SMILES string of the molecule is CCc1cccc(NC(=O)c2ccc(CCNS(C)(=O)=O)cc2)c1. The van der Waals surface area contributed by atoms with E-state index in [-0.39, 0.29) is 5.91 Å². The topological polar surface area (TPSA) is 75.3 Å². The molecular formula is C18H22N2O3S. The van der Waals surface area contributed by atoms with Gasteiger partial charge in [-0.2, -0.15) is 0 Å². The van der Waals surface area contributed by atoms with Gasteiger partial charge in [-0.3, -0.25) is 4.79 Å². The van der Waals surface area contributed by atoms with Crippen LogP contribution < -0.4 is 10.0 Å². The fourth-order valence-corrected chi connectivity index (χ4v) is 2.75. The molecule has 2 N–H and O–H groups in total. The van der Waals surface area contributed by atoms with Crippen LogP contribution in [0.4, 0.5) is 5.69 Å². The van der Waals surface area contributed by atoms with Gasteiger partial charge >= 0.3 is 0 Å². The molecule has 0 fully saturated rings. The Hall–Kier alpha value is -2.18. The van der Waals surface area contributed by atoms with Crippen LogP contribution in [0.5, 0.6) is 0 Å². The minimum Gasteiger partial charge on any atom is -0.322 e. The van der Waals surface area contributed by atoms with Crippen molar-refractivity contribution in [2.75, 3.05) is 18.1 Å². The van der Waals surface area contributed by atoms with Crippen LogP contribution in [0.2, 0.25) is 0 Å². The molecule has 6 heteroatoms. The van der Waals surface area contributed by atoms with Crippen LogP contribution in [0.3, 0.4) is 0 Å². The number of carbonyl (C=O) groups is 1. The molecule has 24 heavy (non-hydrogen) atoms. The third kappa shape index (κ3) is 5.79. The molecule has 0 aliphatic rings. The highest BCUT2D eigenvalue weighted by Gasteiger charge is 2.07. The number of anilines is 1. The van der Waals surface area contributed by atoms with Crippen LogP contribution in [0, 0.1) is 0 Å². The zero-order chi connectivity index (χ0) is 17.6. The van der Waals surface area contributed by atoms with Crippen molar-refractivity contribution in [3.8, 4) is 0 Å². The summed E-state index contributed by atoms with van der Waals surface area (Å²) < 4.78 is 24.5. The molecule has 0 spiro atoms. The molecule has 0 saturated heterocycles. The van der Waals surface area contributed by atoms with Gasteiger partial charge in [-0.05, 0) is 48.2 Å². The number of benzene rings is 2. The number of aryl methyl sites for hydroxylation is 1. The normalized spacial score (nSPS) is 11.2. The lowest BCUT2D eigenvalue weighted by molar-refractivity contribution is 0.102.